The third-order valence-corrected chi connectivity index (χ3v) is 1.99. The van der Waals surface area contributed by atoms with Gasteiger partial charge in [-0.15, -0.1) is 0 Å². The Labute approximate surface area is 105 Å². The molecule has 1 radical (unpaired) electrons. The average molecular weight is 249 g/mol. The Balaban J connectivity index is 0.000000720. The van der Waals surface area contributed by atoms with Crippen molar-refractivity contribution in [2.24, 2.45) is 0 Å². The summed E-state index contributed by atoms with van der Waals surface area (Å²) in [6.07, 6.45) is 0. The second-order valence-corrected chi connectivity index (χ2v) is 2.74. The molecule has 0 amide bonds. The summed E-state index contributed by atoms with van der Waals surface area (Å²) in [5.74, 6) is 0.424. The van der Waals surface area contributed by atoms with Gasteiger partial charge in [-0.3, -0.25) is 0 Å². The van der Waals surface area contributed by atoms with Crippen LogP contribution in [-0.4, -0.2) is 5.84 Å². The van der Waals surface area contributed by atoms with Crippen LogP contribution in [0.15, 0.2) is 24.3 Å². The molecule has 1 atom stereocenters. The number of hydrogen-bond acceptors (Lipinski definition) is 1. The first-order valence-electron chi connectivity index (χ1n) is 3.68. The van der Waals surface area contributed by atoms with Gasteiger partial charge in [-0.05, 0) is 17.2 Å². The Morgan fingerprint density at radius 1 is 1.31 bits per heavy atom. The van der Waals surface area contributed by atoms with Gasteiger partial charge in [-0.2, -0.15) is 0 Å². The molecule has 0 fully saturated rings. The zero-order valence-corrected chi connectivity index (χ0v) is 10.7. The molecule has 3 heteroatoms. The second kappa shape index (κ2) is 4.87. The molecule has 0 spiro atoms. The van der Waals surface area contributed by atoms with Crippen molar-refractivity contribution in [3.63, 3.8) is 0 Å². The van der Waals surface area contributed by atoms with E-state index in [-0.39, 0.29) is 46.2 Å². The predicted molar refractivity (Wildman–Crippen MR) is 51.5 cm³/mol. The van der Waals surface area contributed by atoms with Crippen LogP contribution in [0.2, 0.25) is 0 Å². The zero-order valence-electron chi connectivity index (χ0n) is 7.91. The van der Waals surface area contributed by atoms with Gasteiger partial charge < -0.3 is 18.2 Å². The number of hydrogen-bond donors (Lipinski definition) is 1. The van der Waals surface area contributed by atoms with E-state index in [0.29, 0.717) is 5.84 Å². The minimum Gasteiger partial charge on any atom is -0.482 e. The molecule has 1 N–H and O–H groups in total. The van der Waals surface area contributed by atoms with Crippen LogP contribution in [0.4, 0.5) is 0 Å². The molecule has 0 saturated heterocycles. The smallest absolute Gasteiger partial charge is 0 e. The van der Waals surface area contributed by atoms with Crippen molar-refractivity contribution in [1.29, 1.82) is 5.41 Å². The number of nitrogens with one attached hydrogen (secondary N) is 1. The number of rotatable bonds is 0. The Kier molecular flexibility index (Phi) is 4.79. The van der Waals surface area contributed by atoms with Crippen molar-refractivity contribution in [3.05, 3.63) is 48.1 Å². The molecule has 1 heterocycles. The molecular weight excluding hydrogens is 237 g/mol. The molecule has 1 aliphatic heterocycles. The molecule has 1 aromatic carbocycles. The molecule has 13 heavy (non-hydrogen) atoms. The van der Waals surface area contributed by atoms with Gasteiger partial charge in [0.2, 0.25) is 0 Å². The minimum absolute atomic E-state index is 0. The summed E-state index contributed by atoms with van der Waals surface area (Å²) in [5, 5.41) is 11.6. The van der Waals surface area contributed by atoms with Crippen LogP contribution < -0.4 is 0 Å². The summed E-state index contributed by atoms with van der Waals surface area (Å²) in [5.41, 5.74) is 2.16. The van der Waals surface area contributed by atoms with Gasteiger partial charge in [0.25, 0.3) is 0 Å². The van der Waals surface area contributed by atoms with Crippen molar-refractivity contribution < 1.29 is 32.7 Å². The molecule has 2 nitrogen and oxygen atoms in total. The van der Waals surface area contributed by atoms with E-state index in [4.69, 9.17) is 5.41 Å². The maximum absolute atomic E-state index is 7.49. The number of fused-ring (bicyclic) bond motifs is 1. The van der Waals surface area contributed by atoms with Gasteiger partial charge in [-0.1, -0.05) is 37.0 Å². The Morgan fingerprint density at radius 3 is 2.54 bits per heavy atom. The molecule has 1 aromatic rings. The maximum Gasteiger partial charge on any atom is 0 e. The SMILES string of the molecule is CC1[N-]C(=N)c2ccccc21.[CH3-].[Y]. The Hall–Kier alpha value is -0.206. The summed E-state index contributed by atoms with van der Waals surface area (Å²) in [4.78, 5) is 0. The van der Waals surface area contributed by atoms with Crippen molar-refractivity contribution in [2.45, 2.75) is 13.0 Å². The van der Waals surface area contributed by atoms with Crippen molar-refractivity contribution in [1.82, 2.24) is 0 Å². The van der Waals surface area contributed by atoms with E-state index in [9.17, 15) is 0 Å². The van der Waals surface area contributed by atoms with Crippen LogP contribution in [0.1, 0.15) is 24.1 Å². The van der Waals surface area contributed by atoms with Gasteiger partial charge in [0.15, 0.2) is 0 Å². The first-order chi connectivity index (χ1) is 5.29. The molecule has 67 valence electrons. The van der Waals surface area contributed by atoms with Gasteiger partial charge in [0.05, 0.1) is 0 Å². The zero-order chi connectivity index (χ0) is 7.84. The third-order valence-electron chi connectivity index (χ3n) is 1.99. The minimum atomic E-state index is 0. The number of amidine groups is 1. The van der Waals surface area contributed by atoms with Crippen LogP contribution in [-0.2, 0) is 32.7 Å². The van der Waals surface area contributed by atoms with E-state index >= 15 is 0 Å². The third kappa shape index (κ3) is 2.18. The van der Waals surface area contributed by atoms with Crippen LogP contribution in [0.5, 0.6) is 0 Å². The first-order valence-corrected chi connectivity index (χ1v) is 3.68. The van der Waals surface area contributed by atoms with E-state index in [0.717, 1.165) is 5.56 Å². The molecular formula is C10H12N2Y-2. The normalized spacial score (nSPS) is 17.9. The van der Waals surface area contributed by atoms with Crippen molar-refractivity contribution >= 4 is 5.84 Å². The number of nitrogens with zero attached hydrogens (tertiary/aromatic N) is 1. The van der Waals surface area contributed by atoms with Crippen molar-refractivity contribution in [3.8, 4) is 0 Å². The van der Waals surface area contributed by atoms with Gasteiger partial charge in [0, 0.05) is 32.7 Å². The molecule has 0 bridgehead atoms. The van der Waals surface area contributed by atoms with E-state index in [1.165, 1.54) is 5.56 Å². The summed E-state index contributed by atoms with van der Waals surface area (Å²) >= 11 is 0. The van der Waals surface area contributed by atoms with Crippen molar-refractivity contribution in [2.75, 3.05) is 0 Å². The van der Waals surface area contributed by atoms with E-state index < -0.39 is 0 Å². The van der Waals surface area contributed by atoms with E-state index in [1.54, 1.807) is 0 Å². The van der Waals surface area contributed by atoms with Crippen LogP contribution in [0, 0.1) is 12.8 Å². The Morgan fingerprint density at radius 2 is 1.92 bits per heavy atom. The average Bonchev–Trinajstić information content (AvgIpc) is 2.30. The fraction of sp³-hybridized carbons (Fsp3) is 0.200. The number of benzene rings is 1. The first kappa shape index (κ1) is 12.8. The topological polar surface area (TPSA) is 38.0 Å². The largest absolute Gasteiger partial charge is 0.482 e. The molecule has 0 saturated carbocycles. The van der Waals surface area contributed by atoms with Crippen LogP contribution in [0.25, 0.3) is 5.32 Å². The van der Waals surface area contributed by atoms with Gasteiger partial charge in [0.1, 0.15) is 0 Å². The summed E-state index contributed by atoms with van der Waals surface area (Å²) in [7, 11) is 0. The predicted octanol–water partition coefficient (Wildman–Crippen LogP) is 2.91. The quantitative estimate of drug-likeness (QED) is 0.686. The van der Waals surface area contributed by atoms with Gasteiger partial charge in [-0.25, -0.2) is 0 Å². The molecule has 2 rings (SSSR count). The van der Waals surface area contributed by atoms with Crippen LogP contribution >= 0.6 is 0 Å². The molecule has 0 aromatic heterocycles. The second-order valence-electron chi connectivity index (χ2n) is 2.74. The monoisotopic (exact) mass is 249 g/mol. The fourth-order valence-corrected chi connectivity index (χ4v) is 1.41. The maximum atomic E-state index is 7.49. The van der Waals surface area contributed by atoms with Gasteiger partial charge >= 0.3 is 0 Å². The molecule has 1 unspecified atom stereocenters. The summed E-state index contributed by atoms with van der Waals surface area (Å²) in [6.45, 7) is 2.01. The standard InChI is InChI=1S/C9H9N2.CH3.Y/c1-6-7-4-2-3-5-8(7)9(10)11-6;;/h2-6H,1H3,(H-,10,11);1H3;/q2*-1;. The van der Waals surface area contributed by atoms with E-state index in [2.05, 4.69) is 5.32 Å². The Bertz CT molecular complexity index is 310. The van der Waals surface area contributed by atoms with Crippen LogP contribution in [0.3, 0.4) is 0 Å². The fourth-order valence-electron chi connectivity index (χ4n) is 1.41. The molecule has 1 aliphatic rings. The van der Waals surface area contributed by atoms with E-state index in [1.807, 2.05) is 31.2 Å². The summed E-state index contributed by atoms with van der Waals surface area (Å²) < 4.78 is 0. The molecule has 0 aliphatic carbocycles. The summed E-state index contributed by atoms with van der Waals surface area (Å²) in [6, 6.07) is 8.10.